The minimum absolute atomic E-state index is 0.206. The molecule has 1 amide bonds. The first kappa shape index (κ1) is 17.5. The molecule has 0 aliphatic carbocycles. The molecule has 2 aromatic rings. The van der Waals surface area contributed by atoms with E-state index in [2.05, 4.69) is 29.6 Å². The number of benzene rings is 2. The van der Waals surface area contributed by atoms with E-state index in [4.69, 9.17) is 0 Å². The topological polar surface area (TPSA) is 32.3 Å². The molecule has 0 heterocycles. The summed E-state index contributed by atoms with van der Waals surface area (Å²) in [4.78, 5) is 15.1. The third-order valence-electron chi connectivity index (χ3n) is 3.42. The molecule has 0 fully saturated rings. The number of anilines is 1. The second-order valence-corrected chi connectivity index (χ2v) is 6.43. The molecule has 0 saturated heterocycles. The molecule has 0 radical (unpaired) electrons. The Kier molecular flexibility index (Phi) is 6.19. The van der Waals surface area contributed by atoms with Crippen LogP contribution >= 0.6 is 11.8 Å². The Labute approximate surface area is 140 Å². The molecule has 1 N–H and O–H groups in total. The summed E-state index contributed by atoms with van der Waals surface area (Å²) in [5, 5.41) is 2.61. The Morgan fingerprint density at radius 1 is 1.22 bits per heavy atom. The highest BCUT2D eigenvalue weighted by Gasteiger charge is 2.10. The largest absolute Gasteiger partial charge is 0.322 e. The number of rotatable bonds is 6. The molecule has 0 aromatic heterocycles. The maximum Gasteiger partial charge on any atom is 0.238 e. The van der Waals surface area contributed by atoms with Crippen molar-refractivity contribution in [2.75, 3.05) is 25.2 Å². The number of halogens is 1. The van der Waals surface area contributed by atoms with Crippen molar-refractivity contribution in [3.8, 4) is 0 Å². The molecular weight excluding hydrogens is 311 g/mol. The van der Waals surface area contributed by atoms with E-state index >= 15 is 0 Å². The number of hydrogen-bond donors (Lipinski definition) is 1. The van der Waals surface area contributed by atoms with E-state index in [0.29, 0.717) is 6.54 Å². The van der Waals surface area contributed by atoms with Crippen molar-refractivity contribution in [2.45, 2.75) is 18.4 Å². The second-order valence-electron chi connectivity index (χ2n) is 5.55. The number of nitrogens with zero attached hydrogens (tertiary/aromatic N) is 1. The highest BCUT2D eigenvalue weighted by molar-refractivity contribution is 7.98. The van der Waals surface area contributed by atoms with E-state index in [0.717, 1.165) is 11.1 Å². The lowest BCUT2D eigenvalue weighted by Crippen LogP contribution is -2.30. The number of amides is 1. The summed E-state index contributed by atoms with van der Waals surface area (Å²) in [5.41, 5.74) is 2.18. The van der Waals surface area contributed by atoms with Crippen molar-refractivity contribution in [1.82, 2.24) is 4.90 Å². The van der Waals surface area contributed by atoms with Gasteiger partial charge in [0.2, 0.25) is 5.91 Å². The van der Waals surface area contributed by atoms with Gasteiger partial charge in [0, 0.05) is 11.4 Å². The predicted molar refractivity (Wildman–Crippen MR) is 94.3 cm³/mol. The van der Waals surface area contributed by atoms with Crippen LogP contribution in [0.5, 0.6) is 0 Å². The van der Waals surface area contributed by atoms with Crippen LogP contribution in [0, 0.1) is 12.7 Å². The first-order valence-corrected chi connectivity index (χ1v) is 8.58. The Bertz CT molecular complexity index is 673. The molecular formula is C18H21FN2OS. The van der Waals surface area contributed by atoms with E-state index in [9.17, 15) is 9.18 Å². The quantitative estimate of drug-likeness (QED) is 0.814. The van der Waals surface area contributed by atoms with E-state index in [-0.39, 0.29) is 18.1 Å². The number of likely N-dealkylation sites (N-methyl/N-ethyl adjacent to an activating group) is 1. The zero-order valence-electron chi connectivity index (χ0n) is 13.6. The molecule has 0 aliphatic rings. The van der Waals surface area contributed by atoms with Crippen molar-refractivity contribution in [2.24, 2.45) is 0 Å². The monoisotopic (exact) mass is 332 g/mol. The lowest BCUT2D eigenvalue weighted by Gasteiger charge is -2.17. The van der Waals surface area contributed by atoms with Gasteiger partial charge in [-0.3, -0.25) is 9.69 Å². The lowest BCUT2D eigenvalue weighted by atomic mass is 10.2. The van der Waals surface area contributed by atoms with Crippen LogP contribution in [0.25, 0.3) is 0 Å². The number of thioether (sulfide) groups is 1. The van der Waals surface area contributed by atoms with Crippen LogP contribution in [-0.4, -0.2) is 30.7 Å². The van der Waals surface area contributed by atoms with Gasteiger partial charge in [-0.2, -0.15) is 0 Å². The summed E-state index contributed by atoms with van der Waals surface area (Å²) in [7, 11) is 1.87. The molecule has 0 atom stereocenters. The van der Waals surface area contributed by atoms with Crippen molar-refractivity contribution in [3.63, 3.8) is 0 Å². The summed E-state index contributed by atoms with van der Waals surface area (Å²) in [6, 6.07) is 13.0. The average Bonchev–Trinajstić information content (AvgIpc) is 2.50. The Morgan fingerprint density at radius 3 is 2.52 bits per heavy atom. The first-order chi connectivity index (χ1) is 11.0. The molecule has 0 aliphatic heterocycles. The summed E-state index contributed by atoms with van der Waals surface area (Å²) < 4.78 is 13.7. The predicted octanol–water partition coefficient (Wildman–Crippen LogP) is 3.93. The van der Waals surface area contributed by atoms with Crippen LogP contribution in [0.4, 0.5) is 10.1 Å². The van der Waals surface area contributed by atoms with E-state index in [1.807, 2.05) is 25.1 Å². The van der Waals surface area contributed by atoms with Gasteiger partial charge < -0.3 is 5.32 Å². The van der Waals surface area contributed by atoms with Crippen LogP contribution in [0.2, 0.25) is 0 Å². The minimum Gasteiger partial charge on any atom is -0.322 e. The van der Waals surface area contributed by atoms with Gasteiger partial charge in [0.15, 0.2) is 0 Å². The smallest absolute Gasteiger partial charge is 0.238 e. The van der Waals surface area contributed by atoms with Crippen LogP contribution in [-0.2, 0) is 11.3 Å². The Morgan fingerprint density at radius 2 is 1.91 bits per heavy atom. The van der Waals surface area contributed by atoms with Crippen LogP contribution < -0.4 is 5.32 Å². The normalized spacial score (nSPS) is 10.8. The third-order valence-corrected chi connectivity index (χ3v) is 4.17. The fourth-order valence-electron chi connectivity index (χ4n) is 2.25. The molecule has 0 bridgehead atoms. The van der Waals surface area contributed by atoms with Gasteiger partial charge in [-0.15, -0.1) is 11.8 Å². The first-order valence-electron chi connectivity index (χ1n) is 7.35. The molecule has 2 aromatic carbocycles. The maximum atomic E-state index is 13.7. The fraction of sp³-hybridized carbons (Fsp3) is 0.278. The van der Waals surface area contributed by atoms with E-state index < -0.39 is 5.82 Å². The summed E-state index contributed by atoms with van der Waals surface area (Å²) in [5.74, 6) is -0.635. The van der Waals surface area contributed by atoms with Gasteiger partial charge >= 0.3 is 0 Å². The molecule has 3 nitrogen and oxygen atoms in total. The molecule has 122 valence electrons. The number of carbonyl (C=O) groups excluding carboxylic acids is 1. The van der Waals surface area contributed by atoms with Crippen molar-refractivity contribution >= 4 is 23.4 Å². The number of aryl methyl sites for hydroxylation is 1. The highest BCUT2D eigenvalue weighted by Crippen LogP contribution is 2.16. The number of carbonyl (C=O) groups is 1. The van der Waals surface area contributed by atoms with Crippen molar-refractivity contribution in [1.29, 1.82) is 0 Å². The summed E-state index contributed by atoms with van der Waals surface area (Å²) in [6.07, 6.45) is 2.04. The number of nitrogens with one attached hydrogen (secondary N) is 1. The molecule has 5 heteroatoms. The fourth-order valence-corrected chi connectivity index (χ4v) is 2.66. The van der Waals surface area contributed by atoms with Crippen LogP contribution in [0.1, 0.15) is 11.1 Å². The average molecular weight is 332 g/mol. The second kappa shape index (κ2) is 8.13. The maximum absolute atomic E-state index is 13.7. The highest BCUT2D eigenvalue weighted by atomic mass is 32.2. The Hall–Kier alpha value is -1.85. The van der Waals surface area contributed by atoms with Gasteiger partial charge in [0.1, 0.15) is 5.82 Å². The van der Waals surface area contributed by atoms with Gasteiger partial charge in [-0.1, -0.05) is 18.2 Å². The Balaban J connectivity index is 1.88. The van der Waals surface area contributed by atoms with Crippen molar-refractivity contribution < 1.29 is 9.18 Å². The summed E-state index contributed by atoms with van der Waals surface area (Å²) >= 11 is 1.70. The zero-order valence-corrected chi connectivity index (χ0v) is 14.4. The van der Waals surface area contributed by atoms with Gasteiger partial charge in [0.05, 0.1) is 12.2 Å². The lowest BCUT2D eigenvalue weighted by molar-refractivity contribution is -0.117. The molecule has 2 rings (SSSR count). The van der Waals surface area contributed by atoms with Gasteiger partial charge in [-0.25, -0.2) is 4.39 Å². The van der Waals surface area contributed by atoms with Gasteiger partial charge in [0.25, 0.3) is 0 Å². The standard InChI is InChI=1S/C18H21FN2OS/c1-13-4-9-17(16(19)10-13)20-18(22)12-21(2)11-14-5-7-15(23-3)8-6-14/h4-10H,11-12H2,1-3H3,(H,20,22). The minimum atomic E-state index is -0.409. The molecule has 0 saturated carbocycles. The zero-order chi connectivity index (χ0) is 16.8. The molecule has 0 spiro atoms. The van der Waals surface area contributed by atoms with Crippen LogP contribution in [0.3, 0.4) is 0 Å². The van der Waals surface area contributed by atoms with E-state index in [1.165, 1.54) is 11.0 Å². The number of hydrogen-bond acceptors (Lipinski definition) is 3. The SMILES string of the molecule is CSc1ccc(CN(C)CC(=O)Nc2ccc(C)cc2F)cc1. The van der Waals surface area contributed by atoms with Gasteiger partial charge in [-0.05, 0) is 55.6 Å². The summed E-state index contributed by atoms with van der Waals surface area (Å²) in [6.45, 7) is 2.68. The van der Waals surface area contributed by atoms with E-state index in [1.54, 1.807) is 23.9 Å². The molecule has 0 unspecified atom stereocenters. The van der Waals surface area contributed by atoms with Crippen LogP contribution in [0.15, 0.2) is 47.4 Å². The van der Waals surface area contributed by atoms with Crippen molar-refractivity contribution in [3.05, 3.63) is 59.4 Å². The third kappa shape index (κ3) is 5.37. The molecule has 23 heavy (non-hydrogen) atoms.